The molecule has 0 aromatic carbocycles. The molecule has 0 fully saturated rings. The zero-order valence-corrected chi connectivity index (χ0v) is 12.6. The monoisotopic (exact) mass is 276 g/mol. The first-order valence-electron chi connectivity index (χ1n) is 6.25. The van der Waals surface area contributed by atoms with Crippen LogP contribution in [0.15, 0.2) is 0 Å². The van der Waals surface area contributed by atoms with Gasteiger partial charge in [-0.2, -0.15) is 5.10 Å². The van der Waals surface area contributed by atoms with Crippen molar-refractivity contribution in [1.29, 1.82) is 0 Å². The lowest BCUT2D eigenvalue weighted by atomic mass is 10.1. The summed E-state index contributed by atoms with van der Waals surface area (Å²) in [4.78, 5) is 0. The molecular formula is C13H22Cl2N2. The number of aromatic nitrogens is 2. The predicted octanol–water partition coefficient (Wildman–Crippen LogP) is 4.52. The smallest absolute Gasteiger partial charge is 0.131 e. The van der Waals surface area contributed by atoms with Crippen LogP contribution in [0.1, 0.15) is 45.4 Å². The van der Waals surface area contributed by atoms with Gasteiger partial charge in [0.1, 0.15) is 5.15 Å². The Bertz CT molecular complexity index is 357. The van der Waals surface area contributed by atoms with E-state index in [1.54, 1.807) is 0 Å². The van der Waals surface area contributed by atoms with Crippen molar-refractivity contribution in [2.45, 2.75) is 53.0 Å². The maximum atomic E-state index is 6.31. The van der Waals surface area contributed by atoms with Crippen molar-refractivity contribution in [3.63, 3.8) is 0 Å². The van der Waals surface area contributed by atoms with Gasteiger partial charge < -0.3 is 0 Å². The Kier molecular flexibility index (Phi) is 5.81. The molecule has 4 heteroatoms. The molecule has 0 aliphatic heterocycles. The number of aryl methyl sites for hydroxylation is 1. The molecule has 0 aliphatic rings. The summed E-state index contributed by atoms with van der Waals surface area (Å²) in [5.41, 5.74) is 2.06. The molecule has 0 amide bonds. The molecule has 17 heavy (non-hydrogen) atoms. The molecular weight excluding hydrogens is 255 g/mol. The summed E-state index contributed by atoms with van der Waals surface area (Å²) in [7, 11) is 0. The second kappa shape index (κ2) is 6.65. The highest BCUT2D eigenvalue weighted by Crippen LogP contribution is 2.24. The van der Waals surface area contributed by atoms with Crippen LogP contribution in [0.5, 0.6) is 0 Å². The number of nitrogens with zero attached hydrogens (tertiary/aromatic N) is 2. The van der Waals surface area contributed by atoms with E-state index >= 15 is 0 Å². The van der Waals surface area contributed by atoms with E-state index in [-0.39, 0.29) is 0 Å². The molecule has 0 N–H and O–H groups in total. The summed E-state index contributed by atoms with van der Waals surface area (Å²) in [6.07, 6.45) is 2.03. The Morgan fingerprint density at radius 3 is 2.29 bits per heavy atom. The van der Waals surface area contributed by atoms with Crippen LogP contribution < -0.4 is 0 Å². The van der Waals surface area contributed by atoms with Crippen LogP contribution >= 0.6 is 23.2 Å². The normalized spacial score (nSPS) is 11.8. The number of rotatable bonds is 6. The number of halogens is 2. The Morgan fingerprint density at radius 1 is 1.18 bits per heavy atom. The molecule has 1 aromatic heterocycles. The Hall–Kier alpha value is -0.210. The minimum absolute atomic E-state index is 0.447. The summed E-state index contributed by atoms with van der Waals surface area (Å²) in [6, 6.07) is 0. The van der Waals surface area contributed by atoms with Crippen molar-refractivity contribution in [2.24, 2.45) is 11.8 Å². The van der Waals surface area contributed by atoms with Gasteiger partial charge in [0.15, 0.2) is 0 Å². The van der Waals surface area contributed by atoms with Crippen LogP contribution in [0.25, 0.3) is 0 Å². The second-order valence-corrected chi connectivity index (χ2v) is 5.98. The molecule has 98 valence electrons. The molecule has 2 nitrogen and oxygen atoms in total. The predicted molar refractivity (Wildman–Crippen MR) is 74.8 cm³/mol. The van der Waals surface area contributed by atoms with E-state index in [0.29, 0.717) is 17.7 Å². The lowest BCUT2D eigenvalue weighted by molar-refractivity contribution is 0.482. The molecule has 0 unspecified atom stereocenters. The van der Waals surface area contributed by atoms with E-state index in [4.69, 9.17) is 23.2 Å². The van der Waals surface area contributed by atoms with Crippen molar-refractivity contribution >= 4 is 23.2 Å². The third kappa shape index (κ3) is 4.18. The molecule has 0 bridgehead atoms. The molecule has 0 saturated carbocycles. The first kappa shape index (κ1) is 14.8. The van der Waals surface area contributed by atoms with Crippen molar-refractivity contribution in [3.8, 4) is 0 Å². The van der Waals surface area contributed by atoms with Gasteiger partial charge >= 0.3 is 0 Å². The molecule has 0 saturated heterocycles. The van der Waals surface area contributed by atoms with Gasteiger partial charge in [-0.3, -0.25) is 4.68 Å². The zero-order valence-electron chi connectivity index (χ0n) is 11.1. The maximum absolute atomic E-state index is 6.31. The van der Waals surface area contributed by atoms with Crippen LogP contribution in [0.2, 0.25) is 5.15 Å². The Balaban J connectivity index is 2.88. The van der Waals surface area contributed by atoms with Gasteiger partial charge in [-0.05, 0) is 24.7 Å². The third-order valence-corrected chi connectivity index (χ3v) is 3.41. The van der Waals surface area contributed by atoms with Crippen molar-refractivity contribution in [1.82, 2.24) is 9.78 Å². The van der Waals surface area contributed by atoms with Gasteiger partial charge in [0.05, 0.1) is 11.6 Å². The minimum Gasteiger partial charge on any atom is -0.253 e. The van der Waals surface area contributed by atoms with Gasteiger partial charge in [0, 0.05) is 12.1 Å². The average Bonchev–Trinajstić information content (AvgIpc) is 2.51. The first-order valence-corrected chi connectivity index (χ1v) is 7.17. The highest BCUT2D eigenvalue weighted by molar-refractivity contribution is 6.31. The van der Waals surface area contributed by atoms with Crippen molar-refractivity contribution < 1.29 is 0 Å². The van der Waals surface area contributed by atoms with Crippen LogP contribution in [-0.2, 0) is 18.8 Å². The van der Waals surface area contributed by atoms with E-state index in [1.165, 1.54) is 0 Å². The van der Waals surface area contributed by atoms with Gasteiger partial charge in [0.25, 0.3) is 0 Å². The molecule has 1 aromatic rings. The molecule has 1 rings (SSSR count). The summed E-state index contributed by atoms with van der Waals surface area (Å²) in [5, 5.41) is 5.31. The van der Waals surface area contributed by atoms with Gasteiger partial charge in [0.2, 0.25) is 0 Å². The number of alkyl halides is 1. The van der Waals surface area contributed by atoms with E-state index in [0.717, 1.165) is 35.8 Å². The van der Waals surface area contributed by atoms with Crippen LogP contribution in [-0.4, -0.2) is 9.78 Å². The summed E-state index contributed by atoms with van der Waals surface area (Å²) in [5.74, 6) is 1.67. The lowest BCUT2D eigenvalue weighted by Gasteiger charge is -2.05. The van der Waals surface area contributed by atoms with Gasteiger partial charge in [-0.1, -0.05) is 39.3 Å². The Morgan fingerprint density at radius 2 is 1.82 bits per heavy atom. The fourth-order valence-corrected chi connectivity index (χ4v) is 2.38. The zero-order chi connectivity index (χ0) is 13.0. The van der Waals surface area contributed by atoms with Crippen LogP contribution in [0, 0.1) is 11.8 Å². The standard InChI is InChI=1S/C13H22Cl2N2/c1-9(2)5-6-17-13(15)11(8-14)12(16-17)7-10(3)4/h9-10H,5-8H2,1-4H3. The Labute approximate surface area is 114 Å². The highest BCUT2D eigenvalue weighted by Gasteiger charge is 2.16. The third-order valence-electron chi connectivity index (χ3n) is 2.72. The number of hydrogen-bond donors (Lipinski definition) is 0. The molecule has 0 atom stereocenters. The topological polar surface area (TPSA) is 17.8 Å². The fourth-order valence-electron chi connectivity index (χ4n) is 1.74. The van der Waals surface area contributed by atoms with Crippen LogP contribution in [0.3, 0.4) is 0 Å². The summed E-state index contributed by atoms with van der Waals surface area (Å²) in [6.45, 7) is 9.64. The SMILES string of the molecule is CC(C)CCn1nc(CC(C)C)c(CCl)c1Cl. The molecule has 0 spiro atoms. The van der Waals surface area contributed by atoms with E-state index in [2.05, 4.69) is 32.8 Å². The molecule has 1 heterocycles. The highest BCUT2D eigenvalue weighted by atomic mass is 35.5. The number of hydrogen-bond acceptors (Lipinski definition) is 1. The second-order valence-electron chi connectivity index (χ2n) is 5.35. The maximum Gasteiger partial charge on any atom is 0.131 e. The summed E-state index contributed by atoms with van der Waals surface area (Å²) >= 11 is 12.3. The fraction of sp³-hybridized carbons (Fsp3) is 0.769. The van der Waals surface area contributed by atoms with Crippen molar-refractivity contribution in [2.75, 3.05) is 0 Å². The lowest BCUT2D eigenvalue weighted by Crippen LogP contribution is -2.04. The average molecular weight is 277 g/mol. The minimum atomic E-state index is 0.447. The van der Waals surface area contributed by atoms with Gasteiger partial charge in [-0.15, -0.1) is 11.6 Å². The van der Waals surface area contributed by atoms with Crippen molar-refractivity contribution in [3.05, 3.63) is 16.4 Å². The largest absolute Gasteiger partial charge is 0.253 e. The van der Waals surface area contributed by atoms with E-state index < -0.39 is 0 Å². The molecule has 0 aliphatic carbocycles. The quantitative estimate of drug-likeness (QED) is 0.699. The summed E-state index contributed by atoms with van der Waals surface area (Å²) < 4.78 is 1.90. The van der Waals surface area contributed by atoms with Crippen LogP contribution in [0.4, 0.5) is 0 Å². The van der Waals surface area contributed by atoms with Gasteiger partial charge in [-0.25, -0.2) is 0 Å². The van der Waals surface area contributed by atoms with E-state index in [1.807, 2.05) is 4.68 Å². The molecule has 0 radical (unpaired) electrons. The van der Waals surface area contributed by atoms with E-state index in [9.17, 15) is 0 Å². The first-order chi connectivity index (χ1) is 7.95.